The zero-order valence-corrected chi connectivity index (χ0v) is 11.9. The maximum atomic E-state index is 4.52. The van der Waals surface area contributed by atoms with Crippen LogP contribution in [0.5, 0.6) is 0 Å². The normalized spacial score (nSPS) is 20.8. The van der Waals surface area contributed by atoms with Gasteiger partial charge in [0.2, 0.25) is 0 Å². The Bertz CT molecular complexity index is 609. The highest BCUT2D eigenvalue weighted by atomic mass is 15.3. The second-order valence-corrected chi connectivity index (χ2v) is 5.99. The van der Waals surface area contributed by atoms with Crippen molar-refractivity contribution in [3.8, 4) is 0 Å². The van der Waals surface area contributed by atoms with Gasteiger partial charge in [-0.2, -0.15) is 5.10 Å². The number of nitrogens with zero attached hydrogens (tertiary/aromatic N) is 6. The van der Waals surface area contributed by atoms with E-state index in [9.17, 15) is 0 Å². The molecule has 1 aliphatic carbocycles. The fourth-order valence-corrected chi connectivity index (χ4v) is 2.83. The van der Waals surface area contributed by atoms with Crippen LogP contribution in [0.1, 0.15) is 12.8 Å². The summed E-state index contributed by atoms with van der Waals surface area (Å²) in [6.45, 7) is 5.22. The number of likely N-dealkylation sites (N-methyl/N-ethyl adjacent to an activating group) is 1. The van der Waals surface area contributed by atoms with E-state index < -0.39 is 0 Å². The zero-order valence-electron chi connectivity index (χ0n) is 11.9. The Labute approximate surface area is 118 Å². The second kappa shape index (κ2) is 4.70. The quantitative estimate of drug-likeness (QED) is 0.834. The highest BCUT2D eigenvalue weighted by Gasteiger charge is 2.24. The fourth-order valence-electron chi connectivity index (χ4n) is 2.83. The number of piperazine rings is 1. The van der Waals surface area contributed by atoms with Crippen LogP contribution in [0.15, 0.2) is 12.5 Å². The van der Waals surface area contributed by atoms with Gasteiger partial charge in [0.1, 0.15) is 12.1 Å². The molecule has 0 spiro atoms. The molecule has 0 bridgehead atoms. The predicted molar refractivity (Wildman–Crippen MR) is 77.8 cm³/mol. The topological polar surface area (TPSA) is 50.1 Å². The third kappa shape index (κ3) is 2.14. The van der Waals surface area contributed by atoms with Gasteiger partial charge in [-0.05, 0) is 25.8 Å². The third-order valence-corrected chi connectivity index (χ3v) is 4.34. The van der Waals surface area contributed by atoms with Crippen molar-refractivity contribution >= 4 is 16.9 Å². The number of aromatic nitrogens is 4. The molecule has 1 saturated carbocycles. The monoisotopic (exact) mass is 272 g/mol. The summed E-state index contributed by atoms with van der Waals surface area (Å²) < 4.78 is 2.05. The summed E-state index contributed by atoms with van der Waals surface area (Å²) >= 11 is 0. The average Bonchev–Trinajstić information content (AvgIpc) is 3.19. The predicted octanol–water partition coefficient (Wildman–Crippen LogP) is 0.988. The summed E-state index contributed by atoms with van der Waals surface area (Å²) in [5, 5.41) is 5.62. The standard InChI is InChI=1S/C14H20N6/c1-18-4-6-19(7-5-18)13-12-8-17-20(9-11-2-3-11)14(12)16-10-15-13/h8,10-11H,2-7,9H2,1H3. The lowest BCUT2D eigenvalue weighted by atomic mass is 10.3. The number of fused-ring (bicyclic) bond motifs is 1. The Kier molecular flexibility index (Phi) is 2.84. The minimum absolute atomic E-state index is 0.806. The van der Waals surface area contributed by atoms with Crippen molar-refractivity contribution in [3.63, 3.8) is 0 Å². The minimum Gasteiger partial charge on any atom is -0.353 e. The van der Waals surface area contributed by atoms with Gasteiger partial charge in [0.15, 0.2) is 5.65 Å². The summed E-state index contributed by atoms with van der Waals surface area (Å²) in [6, 6.07) is 0. The SMILES string of the molecule is CN1CCN(c2ncnc3c2cnn3CC2CC2)CC1. The van der Waals surface area contributed by atoms with Crippen molar-refractivity contribution in [2.45, 2.75) is 19.4 Å². The molecule has 0 radical (unpaired) electrons. The van der Waals surface area contributed by atoms with Gasteiger partial charge < -0.3 is 9.80 Å². The Balaban J connectivity index is 1.67. The molecule has 0 N–H and O–H groups in total. The van der Waals surface area contributed by atoms with Crippen molar-refractivity contribution in [2.75, 3.05) is 38.1 Å². The van der Waals surface area contributed by atoms with Crippen molar-refractivity contribution in [1.29, 1.82) is 0 Å². The molecule has 6 heteroatoms. The zero-order chi connectivity index (χ0) is 13.5. The smallest absolute Gasteiger partial charge is 0.163 e. The molecule has 2 fully saturated rings. The van der Waals surface area contributed by atoms with Crippen LogP contribution < -0.4 is 4.90 Å². The van der Waals surface area contributed by atoms with Crippen molar-refractivity contribution < 1.29 is 0 Å². The molecule has 1 aliphatic heterocycles. The van der Waals surface area contributed by atoms with E-state index in [1.54, 1.807) is 6.33 Å². The first-order valence-electron chi connectivity index (χ1n) is 7.41. The number of anilines is 1. The Morgan fingerprint density at radius 1 is 1.15 bits per heavy atom. The van der Waals surface area contributed by atoms with Crippen LogP contribution in [0.4, 0.5) is 5.82 Å². The van der Waals surface area contributed by atoms with E-state index in [2.05, 4.69) is 31.9 Å². The maximum Gasteiger partial charge on any atom is 0.163 e. The highest BCUT2D eigenvalue weighted by Crippen LogP contribution is 2.32. The maximum absolute atomic E-state index is 4.52. The summed E-state index contributed by atoms with van der Waals surface area (Å²) in [5.74, 6) is 1.85. The number of hydrogen-bond donors (Lipinski definition) is 0. The summed E-state index contributed by atoms with van der Waals surface area (Å²) in [5.41, 5.74) is 0.987. The number of hydrogen-bond acceptors (Lipinski definition) is 5. The molecule has 106 valence electrons. The van der Waals surface area contributed by atoms with Crippen molar-refractivity contribution in [1.82, 2.24) is 24.6 Å². The highest BCUT2D eigenvalue weighted by molar-refractivity contribution is 5.86. The van der Waals surface area contributed by atoms with Crippen LogP contribution in [0.25, 0.3) is 11.0 Å². The van der Waals surface area contributed by atoms with Gasteiger partial charge in [0.25, 0.3) is 0 Å². The Morgan fingerprint density at radius 2 is 1.95 bits per heavy atom. The van der Waals surface area contributed by atoms with E-state index in [0.29, 0.717) is 0 Å². The van der Waals surface area contributed by atoms with Crippen LogP contribution in [-0.4, -0.2) is 57.9 Å². The molecule has 4 rings (SSSR count). The molecule has 0 aromatic carbocycles. The van der Waals surface area contributed by atoms with Crippen LogP contribution in [0.3, 0.4) is 0 Å². The van der Waals surface area contributed by atoms with Gasteiger partial charge >= 0.3 is 0 Å². The Hall–Kier alpha value is -1.69. The van der Waals surface area contributed by atoms with Crippen molar-refractivity contribution in [3.05, 3.63) is 12.5 Å². The van der Waals surface area contributed by atoms with E-state index in [1.165, 1.54) is 12.8 Å². The van der Waals surface area contributed by atoms with E-state index in [4.69, 9.17) is 0 Å². The van der Waals surface area contributed by atoms with Crippen LogP contribution in [0.2, 0.25) is 0 Å². The van der Waals surface area contributed by atoms with Crippen LogP contribution >= 0.6 is 0 Å². The number of rotatable bonds is 3. The van der Waals surface area contributed by atoms with E-state index in [1.807, 2.05) is 10.9 Å². The van der Waals surface area contributed by atoms with E-state index in [0.717, 1.165) is 55.5 Å². The molecule has 2 aromatic rings. The molecule has 20 heavy (non-hydrogen) atoms. The minimum atomic E-state index is 0.806. The molecule has 0 amide bonds. The lowest BCUT2D eigenvalue weighted by Crippen LogP contribution is -2.44. The molecule has 3 heterocycles. The molecule has 1 saturated heterocycles. The van der Waals surface area contributed by atoms with Gasteiger partial charge in [-0.3, -0.25) is 0 Å². The molecule has 2 aromatic heterocycles. The summed E-state index contributed by atoms with van der Waals surface area (Å²) in [6.07, 6.45) is 6.28. The second-order valence-electron chi connectivity index (χ2n) is 5.99. The van der Waals surface area contributed by atoms with Gasteiger partial charge in [0.05, 0.1) is 11.6 Å². The lowest BCUT2D eigenvalue weighted by Gasteiger charge is -2.33. The van der Waals surface area contributed by atoms with Gasteiger partial charge in [-0.1, -0.05) is 0 Å². The Morgan fingerprint density at radius 3 is 2.70 bits per heavy atom. The largest absolute Gasteiger partial charge is 0.353 e. The molecule has 2 aliphatic rings. The average molecular weight is 272 g/mol. The van der Waals surface area contributed by atoms with Crippen molar-refractivity contribution in [2.24, 2.45) is 5.92 Å². The fraction of sp³-hybridized carbons (Fsp3) is 0.643. The van der Waals surface area contributed by atoms with Gasteiger partial charge in [-0.25, -0.2) is 14.6 Å². The molecule has 6 nitrogen and oxygen atoms in total. The first-order valence-corrected chi connectivity index (χ1v) is 7.41. The summed E-state index contributed by atoms with van der Waals surface area (Å²) in [7, 11) is 2.17. The summed E-state index contributed by atoms with van der Waals surface area (Å²) in [4.78, 5) is 13.7. The van der Waals surface area contributed by atoms with Gasteiger partial charge in [0, 0.05) is 32.7 Å². The van der Waals surface area contributed by atoms with E-state index in [-0.39, 0.29) is 0 Å². The molecule has 0 unspecified atom stereocenters. The first kappa shape index (κ1) is 12.1. The van der Waals surface area contributed by atoms with Crippen LogP contribution in [-0.2, 0) is 6.54 Å². The lowest BCUT2D eigenvalue weighted by molar-refractivity contribution is 0.312. The third-order valence-electron chi connectivity index (χ3n) is 4.34. The van der Waals surface area contributed by atoms with E-state index >= 15 is 0 Å². The molecule has 0 atom stereocenters. The molecular weight excluding hydrogens is 252 g/mol. The molecular formula is C14H20N6. The van der Waals surface area contributed by atoms with Crippen LogP contribution in [0, 0.1) is 5.92 Å². The van der Waals surface area contributed by atoms with Gasteiger partial charge in [-0.15, -0.1) is 0 Å². The first-order chi connectivity index (χ1) is 9.81.